The van der Waals surface area contributed by atoms with E-state index in [0.717, 1.165) is 10.4 Å². The number of hydrogen-bond acceptors (Lipinski definition) is 5. The first-order chi connectivity index (χ1) is 12.1. The molecule has 0 unspecified atom stereocenters. The second kappa shape index (κ2) is 9.13. The van der Waals surface area contributed by atoms with Crippen molar-refractivity contribution in [2.45, 2.75) is 13.0 Å². The molecule has 6 heteroatoms. The van der Waals surface area contributed by atoms with Crippen LogP contribution in [0.1, 0.15) is 10.4 Å². The van der Waals surface area contributed by atoms with Crippen molar-refractivity contribution in [3.63, 3.8) is 0 Å². The molecular weight excluding hydrogens is 338 g/mol. The fourth-order valence-electron chi connectivity index (χ4n) is 2.52. The van der Waals surface area contributed by atoms with Gasteiger partial charge in [-0.1, -0.05) is 12.1 Å². The first kappa shape index (κ1) is 18.9. The Morgan fingerprint density at radius 2 is 1.88 bits per heavy atom. The zero-order valence-corrected chi connectivity index (χ0v) is 15.6. The summed E-state index contributed by atoms with van der Waals surface area (Å²) in [5.41, 5.74) is 0.805. The molecule has 25 heavy (non-hydrogen) atoms. The van der Waals surface area contributed by atoms with Crippen molar-refractivity contribution in [3.05, 3.63) is 52.7 Å². The Morgan fingerprint density at radius 1 is 1.20 bits per heavy atom. The van der Waals surface area contributed by atoms with Gasteiger partial charge in [0.1, 0.15) is 0 Å². The number of hydrogen-bond donors (Lipinski definition) is 0. The fraction of sp³-hybridized carbons (Fsp3) is 0.316. The topological polar surface area (TPSA) is 48.0 Å². The maximum Gasteiger partial charge on any atom is 0.227 e. The van der Waals surface area contributed by atoms with Crippen LogP contribution in [0.3, 0.4) is 0 Å². The average Bonchev–Trinajstić information content (AvgIpc) is 3.13. The zero-order chi connectivity index (χ0) is 18.2. The van der Waals surface area contributed by atoms with E-state index in [1.807, 2.05) is 17.5 Å². The molecule has 2 rings (SSSR count). The lowest BCUT2D eigenvalue weighted by molar-refractivity contribution is -0.130. The Kier molecular flexibility index (Phi) is 6.89. The van der Waals surface area contributed by atoms with Gasteiger partial charge in [-0.05, 0) is 29.1 Å². The van der Waals surface area contributed by atoms with Crippen molar-refractivity contribution in [1.82, 2.24) is 4.90 Å². The molecule has 0 spiro atoms. The van der Waals surface area contributed by atoms with Gasteiger partial charge in [0.2, 0.25) is 11.7 Å². The number of thiophene rings is 1. The highest BCUT2D eigenvalue weighted by atomic mass is 32.1. The minimum atomic E-state index is 0.0163. The first-order valence-corrected chi connectivity index (χ1v) is 8.70. The molecule has 0 radical (unpaired) electrons. The van der Waals surface area contributed by atoms with Crippen LogP contribution in [0.2, 0.25) is 0 Å². The van der Waals surface area contributed by atoms with E-state index in [1.165, 1.54) is 0 Å². The summed E-state index contributed by atoms with van der Waals surface area (Å²) in [5.74, 6) is 1.61. The summed E-state index contributed by atoms with van der Waals surface area (Å²) >= 11 is 1.63. The second-order valence-corrected chi connectivity index (χ2v) is 6.38. The molecule has 0 bridgehead atoms. The van der Waals surface area contributed by atoms with Gasteiger partial charge < -0.3 is 19.1 Å². The van der Waals surface area contributed by atoms with Gasteiger partial charge in [-0.15, -0.1) is 17.9 Å². The van der Waals surface area contributed by atoms with E-state index in [0.29, 0.717) is 30.3 Å². The van der Waals surface area contributed by atoms with E-state index in [4.69, 9.17) is 14.2 Å². The van der Waals surface area contributed by atoms with Gasteiger partial charge in [0, 0.05) is 11.4 Å². The van der Waals surface area contributed by atoms with E-state index in [9.17, 15) is 4.79 Å². The van der Waals surface area contributed by atoms with Gasteiger partial charge in [-0.3, -0.25) is 4.79 Å². The molecule has 0 N–H and O–H groups in total. The molecule has 0 saturated carbocycles. The smallest absolute Gasteiger partial charge is 0.227 e. The largest absolute Gasteiger partial charge is 0.493 e. The number of carbonyl (C=O) groups excluding carboxylic acids is 1. The van der Waals surface area contributed by atoms with Crippen LogP contribution in [0.5, 0.6) is 17.2 Å². The molecule has 0 aliphatic carbocycles. The van der Waals surface area contributed by atoms with Gasteiger partial charge in [0.05, 0.1) is 34.3 Å². The predicted molar refractivity (Wildman–Crippen MR) is 99.7 cm³/mol. The molecule has 0 fully saturated rings. The maximum absolute atomic E-state index is 12.8. The standard InChI is InChI=1S/C19H23NO4S/c1-5-8-20(13-15-7-6-9-25-15)18(21)12-14-10-16(22-2)19(24-4)17(11-14)23-3/h5-7,9-11H,1,8,12-13H2,2-4H3. The Balaban J connectivity index is 2.20. The van der Waals surface area contributed by atoms with Crippen LogP contribution < -0.4 is 14.2 Å². The van der Waals surface area contributed by atoms with Gasteiger partial charge in [0.15, 0.2) is 11.5 Å². The third-order valence-electron chi connectivity index (χ3n) is 3.71. The van der Waals surface area contributed by atoms with Crippen LogP contribution >= 0.6 is 11.3 Å². The van der Waals surface area contributed by atoms with Crippen molar-refractivity contribution in [2.24, 2.45) is 0 Å². The highest BCUT2D eigenvalue weighted by Gasteiger charge is 2.18. The lowest BCUT2D eigenvalue weighted by Crippen LogP contribution is -2.31. The van der Waals surface area contributed by atoms with Crippen molar-refractivity contribution >= 4 is 17.2 Å². The molecule has 1 aromatic heterocycles. The lowest BCUT2D eigenvalue weighted by atomic mass is 10.1. The van der Waals surface area contributed by atoms with Crippen LogP contribution in [0.15, 0.2) is 42.3 Å². The Hall–Kier alpha value is -2.47. The summed E-state index contributed by atoms with van der Waals surface area (Å²) in [6, 6.07) is 7.61. The van der Waals surface area contributed by atoms with E-state index in [2.05, 4.69) is 6.58 Å². The fourth-order valence-corrected chi connectivity index (χ4v) is 3.24. The molecule has 0 aliphatic heterocycles. The number of benzene rings is 1. The highest BCUT2D eigenvalue weighted by Crippen LogP contribution is 2.38. The lowest BCUT2D eigenvalue weighted by Gasteiger charge is -2.21. The molecular formula is C19H23NO4S. The van der Waals surface area contributed by atoms with Crippen LogP contribution in [0.4, 0.5) is 0 Å². The zero-order valence-electron chi connectivity index (χ0n) is 14.8. The minimum absolute atomic E-state index is 0.0163. The number of carbonyl (C=O) groups is 1. The number of methoxy groups -OCH3 is 3. The van der Waals surface area contributed by atoms with Crippen LogP contribution in [-0.4, -0.2) is 38.7 Å². The van der Waals surface area contributed by atoms with E-state index >= 15 is 0 Å². The monoisotopic (exact) mass is 361 g/mol. The number of ether oxygens (including phenoxy) is 3. The van der Waals surface area contributed by atoms with E-state index < -0.39 is 0 Å². The second-order valence-electron chi connectivity index (χ2n) is 5.35. The molecule has 0 aliphatic rings. The molecule has 0 saturated heterocycles. The Bertz CT molecular complexity index is 687. The molecule has 1 amide bonds. The number of nitrogens with zero attached hydrogens (tertiary/aromatic N) is 1. The minimum Gasteiger partial charge on any atom is -0.493 e. The van der Waals surface area contributed by atoms with Gasteiger partial charge >= 0.3 is 0 Å². The Morgan fingerprint density at radius 3 is 2.36 bits per heavy atom. The number of amides is 1. The van der Waals surface area contributed by atoms with Crippen LogP contribution in [0.25, 0.3) is 0 Å². The van der Waals surface area contributed by atoms with Crippen molar-refractivity contribution < 1.29 is 19.0 Å². The summed E-state index contributed by atoms with van der Waals surface area (Å²) in [4.78, 5) is 15.7. The van der Waals surface area contributed by atoms with Crippen LogP contribution in [-0.2, 0) is 17.8 Å². The van der Waals surface area contributed by atoms with E-state index in [1.54, 1.807) is 55.8 Å². The molecule has 1 heterocycles. The van der Waals surface area contributed by atoms with Gasteiger partial charge in [-0.2, -0.15) is 0 Å². The quantitative estimate of drug-likeness (QED) is 0.641. The van der Waals surface area contributed by atoms with Crippen molar-refractivity contribution in [2.75, 3.05) is 27.9 Å². The first-order valence-electron chi connectivity index (χ1n) is 7.82. The third kappa shape index (κ3) is 4.76. The predicted octanol–water partition coefficient (Wildman–Crippen LogP) is 3.53. The van der Waals surface area contributed by atoms with Crippen molar-refractivity contribution in [1.29, 1.82) is 0 Å². The summed E-state index contributed by atoms with van der Waals surface area (Å²) in [6.07, 6.45) is 1.98. The normalized spacial score (nSPS) is 10.2. The number of rotatable bonds is 9. The molecule has 5 nitrogen and oxygen atoms in total. The van der Waals surface area contributed by atoms with Gasteiger partial charge in [-0.25, -0.2) is 0 Å². The van der Waals surface area contributed by atoms with E-state index in [-0.39, 0.29) is 12.3 Å². The molecule has 1 aromatic carbocycles. The highest BCUT2D eigenvalue weighted by molar-refractivity contribution is 7.09. The maximum atomic E-state index is 12.8. The Labute approximate surface area is 152 Å². The molecule has 2 aromatic rings. The van der Waals surface area contributed by atoms with Crippen molar-refractivity contribution in [3.8, 4) is 17.2 Å². The van der Waals surface area contributed by atoms with Crippen LogP contribution in [0, 0.1) is 0 Å². The summed E-state index contributed by atoms with van der Waals surface area (Å²) in [7, 11) is 4.67. The summed E-state index contributed by atoms with van der Waals surface area (Å²) < 4.78 is 16.0. The average molecular weight is 361 g/mol. The third-order valence-corrected chi connectivity index (χ3v) is 4.57. The SMILES string of the molecule is C=CCN(Cc1cccs1)C(=O)Cc1cc(OC)c(OC)c(OC)c1. The summed E-state index contributed by atoms with van der Waals surface area (Å²) in [6.45, 7) is 4.83. The summed E-state index contributed by atoms with van der Waals surface area (Å²) in [5, 5.41) is 2.01. The molecule has 134 valence electrons. The van der Waals surface area contributed by atoms with Gasteiger partial charge in [0.25, 0.3) is 0 Å². The molecule has 0 atom stereocenters.